The van der Waals surface area contributed by atoms with E-state index in [2.05, 4.69) is 0 Å². The molecule has 0 aromatic heterocycles. The SMILES string of the molecule is CC1O[B]OC1C. The maximum absolute atomic E-state index is 4.92. The summed E-state index contributed by atoms with van der Waals surface area (Å²) in [6, 6.07) is 0. The molecule has 2 atom stereocenters. The Hall–Kier alpha value is -0.0151. The molecule has 0 aromatic carbocycles. The molecule has 0 N–H and O–H groups in total. The van der Waals surface area contributed by atoms with Crippen LogP contribution in [-0.4, -0.2) is 19.9 Å². The van der Waals surface area contributed by atoms with Gasteiger partial charge in [-0.15, -0.1) is 0 Å². The normalized spacial score (nSPS) is 40.9. The molecule has 0 aromatic rings. The highest BCUT2D eigenvalue weighted by molar-refractivity contribution is 6.19. The first-order chi connectivity index (χ1) is 3.30. The summed E-state index contributed by atoms with van der Waals surface area (Å²) >= 11 is 0. The topological polar surface area (TPSA) is 18.5 Å². The minimum absolute atomic E-state index is 0.236. The van der Waals surface area contributed by atoms with Crippen molar-refractivity contribution in [3.8, 4) is 0 Å². The van der Waals surface area contributed by atoms with Crippen LogP contribution in [0.4, 0.5) is 0 Å². The van der Waals surface area contributed by atoms with Crippen LogP contribution in [0.3, 0.4) is 0 Å². The Bertz CT molecular complexity index is 58.7. The van der Waals surface area contributed by atoms with Gasteiger partial charge < -0.3 is 9.31 Å². The zero-order valence-electron chi connectivity index (χ0n) is 4.55. The molecule has 1 radical (unpaired) electrons. The molecule has 7 heavy (non-hydrogen) atoms. The summed E-state index contributed by atoms with van der Waals surface area (Å²) in [5.74, 6) is 0. The molecule has 0 saturated carbocycles. The van der Waals surface area contributed by atoms with E-state index in [1.54, 1.807) is 0 Å². The van der Waals surface area contributed by atoms with E-state index in [0.717, 1.165) is 0 Å². The Balaban J connectivity index is 2.33. The van der Waals surface area contributed by atoms with Gasteiger partial charge in [-0.05, 0) is 13.8 Å². The molecule has 1 aliphatic rings. The summed E-state index contributed by atoms with van der Waals surface area (Å²) < 4.78 is 9.84. The number of rotatable bonds is 0. The first kappa shape index (κ1) is 5.13. The molecule has 1 heterocycles. The van der Waals surface area contributed by atoms with Gasteiger partial charge in [0.15, 0.2) is 0 Å². The molecule has 0 bridgehead atoms. The molecule has 1 fully saturated rings. The monoisotopic (exact) mass is 99.1 g/mol. The van der Waals surface area contributed by atoms with Gasteiger partial charge >= 0.3 is 7.69 Å². The van der Waals surface area contributed by atoms with E-state index in [0.29, 0.717) is 0 Å². The lowest BCUT2D eigenvalue weighted by Crippen LogP contribution is -2.13. The maximum Gasteiger partial charge on any atom is 0.488 e. The Labute approximate surface area is 44.1 Å². The van der Waals surface area contributed by atoms with Crippen LogP contribution in [-0.2, 0) is 9.31 Å². The van der Waals surface area contributed by atoms with E-state index in [1.807, 2.05) is 13.8 Å². The van der Waals surface area contributed by atoms with Gasteiger partial charge in [0.1, 0.15) is 0 Å². The first-order valence-corrected chi connectivity index (χ1v) is 2.43. The summed E-state index contributed by atoms with van der Waals surface area (Å²) in [7, 11) is 1.40. The van der Waals surface area contributed by atoms with Crippen molar-refractivity contribution in [2.45, 2.75) is 26.1 Å². The molecular formula is C4H8BO2. The van der Waals surface area contributed by atoms with Gasteiger partial charge in [-0.3, -0.25) is 0 Å². The zero-order valence-corrected chi connectivity index (χ0v) is 4.55. The van der Waals surface area contributed by atoms with E-state index in [4.69, 9.17) is 9.31 Å². The predicted octanol–water partition coefficient (Wildman–Crippen LogP) is 0.344. The average Bonchev–Trinajstić information content (AvgIpc) is 1.91. The summed E-state index contributed by atoms with van der Waals surface area (Å²) in [5, 5.41) is 0. The van der Waals surface area contributed by atoms with Crippen molar-refractivity contribution < 1.29 is 9.31 Å². The Morgan fingerprint density at radius 1 is 1.14 bits per heavy atom. The molecule has 1 saturated heterocycles. The molecule has 1 rings (SSSR count). The largest absolute Gasteiger partial charge is 0.488 e. The fourth-order valence-corrected chi connectivity index (χ4v) is 0.429. The molecule has 2 unspecified atom stereocenters. The number of hydrogen-bond donors (Lipinski definition) is 0. The van der Waals surface area contributed by atoms with Crippen LogP contribution in [0, 0.1) is 0 Å². The van der Waals surface area contributed by atoms with Crippen LogP contribution < -0.4 is 0 Å². The Morgan fingerprint density at radius 2 is 1.57 bits per heavy atom. The van der Waals surface area contributed by atoms with Gasteiger partial charge in [0.05, 0.1) is 12.2 Å². The van der Waals surface area contributed by atoms with Crippen molar-refractivity contribution in [2.75, 3.05) is 0 Å². The van der Waals surface area contributed by atoms with Crippen LogP contribution in [0.15, 0.2) is 0 Å². The minimum atomic E-state index is 0.236. The van der Waals surface area contributed by atoms with Crippen molar-refractivity contribution in [1.82, 2.24) is 0 Å². The second kappa shape index (κ2) is 1.84. The third kappa shape index (κ3) is 0.953. The van der Waals surface area contributed by atoms with Crippen molar-refractivity contribution in [1.29, 1.82) is 0 Å². The van der Waals surface area contributed by atoms with E-state index in [-0.39, 0.29) is 12.2 Å². The quantitative estimate of drug-likeness (QED) is 0.408. The molecular weight excluding hydrogens is 90.9 g/mol. The van der Waals surface area contributed by atoms with Gasteiger partial charge in [-0.25, -0.2) is 0 Å². The van der Waals surface area contributed by atoms with E-state index >= 15 is 0 Å². The molecule has 0 aliphatic carbocycles. The highest BCUT2D eigenvalue weighted by Gasteiger charge is 2.21. The van der Waals surface area contributed by atoms with Crippen LogP contribution in [0.5, 0.6) is 0 Å². The lowest BCUT2D eigenvalue weighted by atomic mass is 10.3. The van der Waals surface area contributed by atoms with Crippen molar-refractivity contribution in [3.05, 3.63) is 0 Å². The van der Waals surface area contributed by atoms with Crippen LogP contribution >= 0.6 is 0 Å². The molecule has 3 heteroatoms. The van der Waals surface area contributed by atoms with Gasteiger partial charge in [0.2, 0.25) is 0 Å². The summed E-state index contributed by atoms with van der Waals surface area (Å²) in [6.45, 7) is 3.96. The third-order valence-corrected chi connectivity index (χ3v) is 1.20. The van der Waals surface area contributed by atoms with Crippen LogP contribution in [0.2, 0.25) is 0 Å². The van der Waals surface area contributed by atoms with Gasteiger partial charge in [0.25, 0.3) is 0 Å². The van der Waals surface area contributed by atoms with Crippen molar-refractivity contribution in [3.63, 3.8) is 0 Å². The third-order valence-electron chi connectivity index (χ3n) is 1.20. The zero-order chi connectivity index (χ0) is 5.28. The summed E-state index contributed by atoms with van der Waals surface area (Å²) in [5.41, 5.74) is 0. The minimum Gasteiger partial charge on any atom is -0.408 e. The number of hydrogen-bond acceptors (Lipinski definition) is 2. The van der Waals surface area contributed by atoms with Crippen LogP contribution in [0.25, 0.3) is 0 Å². The maximum atomic E-state index is 4.92. The fourth-order valence-electron chi connectivity index (χ4n) is 0.429. The van der Waals surface area contributed by atoms with Crippen LogP contribution in [0.1, 0.15) is 13.8 Å². The second-order valence-corrected chi connectivity index (χ2v) is 1.78. The molecule has 0 amide bonds. The van der Waals surface area contributed by atoms with E-state index in [1.165, 1.54) is 7.69 Å². The Morgan fingerprint density at radius 3 is 1.71 bits per heavy atom. The van der Waals surface area contributed by atoms with Crippen molar-refractivity contribution in [2.24, 2.45) is 0 Å². The fraction of sp³-hybridized carbons (Fsp3) is 1.00. The van der Waals surface area contributed by atoms with E-state index < -0.39 is 0 Å². The highest BCUT2D eigenvalue weighted by atomic mass is 16.6. The van der Waals surface area contributed by atoms with Crippen molar-refractivity contribution >= 4 is 7.69 Å². The smallest absolute Gasteiger partial charge is 0.408 e. The molecule has 2 nitrogen and oxygen atoms in total. The standard InChI is InChI=1S/C4H8BO2/c1-3-4(2)7-5-6-3/h3-4H,1-2H3. The van der Waals surface area contributed by atoms with E-state index in [9.17, 15) is 0 Å². The first-order valence-electron chi connectivity index (χ1n) is 2.43. The molecule has 1 aliphatic heterocycles. The average molecular weight is 98.9 g/mol. The summed E-state index contributed by atoms with van der Waals surface area (Å²) in [4.78, 5) is 0. The van der Waals surface area contributed by atoms with Gasteiger partial charge in [0, 0.05) is 0 Å². The highest BCUT2D eigenvalue weighted by Crippen LogP contribution is 2.07. The predicted molar refractivity (Wildman–Crippen MR) is 26.8 cm³/mol. The van der Waals surface area contributed by atoms with Gasteiger partial charge in [-0.1, -0.05) is 0 Å². The molecule has 0 spiro atoms. The molecule has 39 valence electrons. The second-order valence-electron chi connectivity index (χ2n) is 1.78. The lowest BCUT2D eigenvalue weighted by molar-refractivity contribution is 0.187. The van der Waals surface area contributed by atoms with Gasteiger partial charge in [-0.2, -0.15) is 0 Å². The Kier molecular flexibility index (Phi) is 1.35. The lowest BCUT2D eigenvalue weighted by Gasteiger charge is -2.04. The summed E-state index contributed by atoms with van der Waals surface area (Å²) in [6.07, 6.45) is 0.472.